The van der Waals surface area contributed by atoms with E-state index in [0.717, 1.165) is 44.6 Å². The van der Waals surface area contributed by atoms with Gasteiger partial charge in [-0.1, -0.05) is 23.8 Å². The molecule has 0 amide bonds. The Kier molecular flexibility index (Phi) is 9.61. The first-order valence-electron chi connectivity index (χ1n) is 8.86. The van der Waals surface area contributed by atoms with Crippen LogP contribution in [0.25, 0.3) is 0 Å². The molecule has 2 rings (SSSR count). The molecule has 0 spiro atoms. The molecular weight excluding hydrogens is 338 g/mol. The number of halogens is 1. The zero-order chi connectivity index (χ0) is 17.4. The predicted octanol–water partition coefficient (Wildman–Crippen LogP) is 3.80. The topological polar surface area (TPSA) is 38.8 Å². The predicted molar refractivity (Wildman–Crippen MR) is 104 cm³/mol. The van der Waals surface area contributed by atoms with Crippen LogP contribution in [0.2, 0.25) is 0 Å². The van der Waals surface area contributed by atoms with Gasteiger partial charge in [-0.3, -0.25) is 9.69 Å². The van der Waals surface area contributed by atoms with Crippen molar-refractivity contribution in [2.75, 3.05) is 32.8 Å². The van der Waals surface area contributed by atoms with Crippen LogP contribution < -0.4 is 4.74 Å². The minimum atomic E-state index is -0.0397. The summed E-state index contributed by atoms with van der Waals surface area (Å²) in [5.41, 5.74) is 2.42. The number of hydrogen-bond acceptors (Lipinski definition) is 4. The maximum Gasteiger partial charge on any atom is 0.309 e. The normalized spacial score (nSPS) is 15.3. The molecule has 1 aromatic carbocycles. The molecule has 1 aliphatic heterocycles. The molecule has 0 saturated carbocycles. The first-order valence-corrected chi connectivity index (χ1v) is 8.86. The van der Waals surface area contributed by atoms with Crippen molar-refractivity contribution in [2.24, 2.45) is 5.92 Å². The highest BCUT2D eigenvalue weighted by Gasteiger charge is 2.25. The number of allylic oxidation sites excluding steroid dienone is 1. The summed E-state index contributed by atoms with van der Waals surface area (Å²) in [6.07, 6.45) is 4.49. The van der Waals surface area contributed by atoms with E-state index in [4.69, 9.17) is 9.47 Å². The Morgan fingerprint density at radius 3 is 2.72 bits per heavy atom. The average molecular weight is 368 g/mol. The van der Waals surface area contributed by atoms with Gasteiger partial charge in [0.2, 0.25) is 0 Å². The van der Waals surface area contributed by atoms with E-state index < -0.39 is 0 Å². The van der Waals surface area contributed by atoms with E-state index in [-0.39, 0.29) is 24.3 Å². The molecule has 0 N–H and O–H groups in total. The molecule has 140 valence electrons. The van der Waals surface area contributed by atoms with Gasteiger partial charge in [0, 0.05) is 6.54 Å². The van der Waals surface area contributed by atoms with Crippen molar-refractivity contribution in [3.8, 4) is 5.75 Å². The summed E-state index contributed by atoms with van der Waals surface area (Å²) in [6.45, 7) is 11.6. The molecule has 0 unspecified atom stereocenters. The maximum atomic E-state index is 11.8. The third-order valence-electron chi connectivity index (χ3n) is 4.45. The highest BCUT2D eigenvalue weighted by molar-refractivity contribution is 5.85. The average Bonchev–Trinajstić information content (AvgIpc) is 2.58. The molecular formula is C20H30ClNO3. The number of carbonyl (C=O) groups is 1. The third-order valence-corrected chi connectivity index (χ3v) is 4.45. The molecule has 0 radical (unpaired) electrons. The Labute approximate surface area is 157 Å². The second-order valence-electron chi connectivity index (χ2n) is 6.32. The van der Waals surface area contributed by atoms with Crippen LogP contribution in [0, 0.1) is 12.8 Å². The SMILES string of the molecule is C=CCc1cc(C)ccc1OCCN1CCC(C(=O)OCC)CC1.Cl. The number of benzene rings is 1. The lowest BCUT2D eigenvalue weighted by Crippen LogP contribution is -2.39. The molecule has 25 heavy (non-hydrogen) atoms. The summed E-state index contributed by atoms with van der Waals surface area (Å²) in [7, 11) is 0. The number of aryl methyl sites for hydroxylation is 1. The van der Waals surface area contributed by atoms with Gasteiger partial charge in [-0.25, -0.2) is 0 Å². The van der Waals surface area contributed by atoms with Crippen molar-refractivity contribution in [3.63, 3.8) is 0 Å². The van der Waals surface area contributed by atoms with Crippen molar-refractivity contribution in [1.82, 2.24) is 4.90 Å². The fourth-order valence-electron chi connectivity index (χ4n) is 3.10. The highest BCUT2D eigenvalue weighted by atomic mass is 35.5. The lowest BCUT2D eigenvalue weighted by molar-refractivity contribution is -0.149. The second-order valence-corrected chi connectivity index (χ2v) is 6.32. The van der Waals surface area contributed by atoms with Gasteiger partial charge in [0.05, 0.1) is 12.5 Å². The Morgan fingerprint density at radius 1 is 1.36 bits per heavy atom. The molecule has 0 bridgehead atoms. The maximum absolute atomic E-state index is 11.8. The van der Waals surface area contributed by atoms with Gasteiger partial charge in [0.1, 0.15) is 12.4 Å². The van der Waals surface area contributed by atoms with Crippen LogP contribution in [0.3, 0.4) is 0 Å². The summed E-state index contributed by atoms with van der Waals surface area (Å²) in [5.74, 6) is 0.974. The third kappa shape index (κ3) is 6.71. The van der Waals surface area contributed by atoms with Gasteiger partial charge >= 0.3 is 5.97 Å². The van der Waals surface area contributed by atoms with E-state index in [1.165, 1.54) is 11.1 Å². The van der Waals surface area contributed by atoms with Crippen LogP contribution in [0.4, 0.5) is 0 Å². The fraction of sp³-hybridized carbons (Fsp3) is 0.550. The highest BCUT2D eigenvalue weighted by Crippen LogP contribution is 2.22. The van der Waals surface area contributed by atoms with Crippen LogP contribution >= 0.6 is 12.4 Å². The summed E-state index contributed by atoms with van der Waals surface area (Å²) in [6, 6.07) is 6.27. The Hall–Kier alpha value is -1.52. The standard InChI is InChI=1S/C20H29NO3.ClH/c1-4-6-18-15-16(3)7-8-19(18)24-14-13-21-11-9-17(10-12-21)20(22)23-5-2;/h4,7-8,15,17H,1,5-6,9-14H2,2-3H3;1H. The van der Waals surface area contributed by atoms with Crippen LogP contribution in [0.5, 0.6) is 5.75 Å². The summed E-state index contributed by atoms with van der Waals surface area (Å²) < 4.78 is 11.1. The van der Waals surface area contributed by atoms with Crippen molar-refractivity contribution < 1.29 is 14.3 Å². The molecule has 1 saturated heterocycles. The van der Waals surface area contributed by atoms with Crippen molar-refractivity contribution in [1.29, 1.82) is 0 Å². The number of ether oxygens (including phenoxy) is 2. The number of esters is 1. The molecule has 5 heteroatoms. The number of nitrogens with zero attached hydrogens (tertiary/aromatic N) is 1. The Bertz CT molecular complexity index is 554. The lowest BCUT2D eigenvalue weighted by atomic mass is 9.97. The number of likely N-dealkylation sites (tertiary alicyclic amines) is 1. The molecule has 0 aliphatic carbocycles. The number of carbonyl (C=O) groups excluding carboxylic acids is 1. The van der Waals surface area contributed by atoms with Crippen molar-refractivity contribution >= 4 is 18.4 Å². The molecule has 1 heterocycles. The molecule has 0 aromatic heterocycles. The van der Waals surface area contributed by atoms with E-state index in [1.54, 1.807) is 0 Å². The van der Waals surface area contributed by atoms with Gasteiger partial charge < -0.3 is 9.47 Å². The number of hydrogen-bond donors (Lipinski definition) is 0. The minimum Gasteiger partial charge on any atom is -0.492 e. The van der Waals surface area contributed by atoms with Crippen LogP contribution in [0.15, 0.2) is 30.9 Å². The smallest absolute Gasteiger partial charge is 0.309 e. The van der Waals surface area contributed by atoms with Gasteiger partial charge in [0.15, 0.2) is 0 Å². The summed E-state index contributed by atoms with van der Waals surface area (Å²) >= 11 is 0. The quantitative estimate of drug-likeness (QED) is 0.517. The van der Waals surface area contributed by atoms with E-state index in [0.29, 0.717) is 13.2 Å². The largest absolute Gasteiger partial charge is 0.492 e. The second kappa shape index (κ2) is 11.2. The van der Waals surface area contributed by atoms with Gasteiger partial charge in [-0.05, 0) is 57.8 Å². The number of piperidine rings is 1. The van der Waals surface area contributed by atoms with Gasteiger partial charge in [-0.2, -0.15) is 0 Å². The lowest BCUT2D eigenvalue weighted by Gasteiger charge is -2.30. The first-order chi connectivity index (χ1) is 11.6. The zero-order valence-corrected chi connectivity index (χ0v) is 16.1. The van der Waals surface area contributed by atoms with Crippen LogP contribution in [-0.4, -0.2) is 43.7 Å². The molecule has 1 fully saturated rings. The fourth-order valence-corrected chi connectivity index (χ4v) is 3.10. The Balaban J connectivity index is 0.00000312. The van der Waals surface area contributed by atoms with Crippen LogP contribution in [-0.2, 0) is 16.0 Å². The van der Waals surface area contributed by atoms with Gasteiger partial charge in [-0.15, -0.1) is 19.0 Å². The van der Waals surface area contributed by atoms with E-state index in [9.17, 15) is 4.79 Å². The molecule has 4 nitrogen and oxygen atoms in total. The summed E-state index contributed by atoms with van der Waals surface area (Å²) in [4.78, 5) is 14.1. The molecule has 0 atom stereocenters. The Morgan fingerprint density at radius 2 is 2.08 bits per heavy atom. The van der Waals surface area contributed by atoms with Gasteiger partial charge in [0.25, 0.3) is 0 Å². The zero-order valence-electron chi connectivity index (χ0n) is 15.3. The number of rotatable bonds is 8. The minimum absolute atomic E-state index is 0. The molecule has 1 aliphatic rings. The van der Waals surface area contributed by atoms with E-state index in [1.807, 2.05) is 19.1 Å². The van der Waals surface area contributed by atoms with Crippen LogP contribution in [0.1, 0.15) is 30.9 Å². The summed E-state index contributed by atoms with van der Waals surface area (Å²) in [5, 5.41) is 0. The van der Waals surface area contributed by atoms with Crippen molar-refractivity contribution in [2.45, 2.75) is 33.1 Å². The van der Waals surface area contributed by atoms with E-state index >= 15 is 0 Å². The monoisotopic (exact) mass is 367 g/mol. The molecule has 1 aromatic rings. The van der Waals surface area contributed by atoms with E-state index in [2.05, 4.69) is 30.5 Å². The van der Waals surface area contributed by atoms with Crippen molar-refractivity contribution in [3.05, 3.63) is 42.0 Å². The first kappa shape index (κ1) is 21.5.